The lowest BCUT2D eigenvalue weighted by Crippen LogP contribution is -1.85. The minimum Gasteiger partial charge on any atom is -0.250 e. The molecule has 0 aliphatic rings. The third-order valence-electron chi connectivity index (χ3n) is 1.76. The van der Waals surface area contributed by atoms with Crippen molar-refractivity contribution in [3.63, 3.8) is 0 Å². The van der Waals surface area contributed by atoms with Crippen molar-refractivity contribution in [2.45, 2.75) is 38.5 Å². The number of hydrogen-bond acceptors (Lipinski definition) is 1. The normalized spacial score (nSPS) is 10.5. The van der Waals surface area contributed by atoms with Gasteiger partial charge in [0.1, 0.15) is 0 Å². The summed E-state index contributed by atoms with van der Waals surface area (Å²) in [6.07, 6.45) is 7.53. The van der Waals surface area contributed by atoms with Crippen molar-refractivity contribution in [2.24, 2.45) is 0 Å². The highest BCUT2D eigenvalue weighted by molar-refractivity contribution is 7.99. The SMILES string of the molecule is [CH2]CCCCCCCSCCF. The Bertz CT molecular complexity index is 66.2. The molecule has 0 heterocycles. The fraction of sp³-hybridized carbons (Fsp3) is 0.900. The maximum Gasteiger partial charge on any atom is 0.0984 e. The van der Waals surface area contributed by atoms with Gasteiger partial charge < -0.3 is 0 Å². The van der Waals surface area contributed by atoms with Gasteiger partial charge in [0, 0.05) is 5.75 Å². The molecule has 0 fully saturated rings. The van der Waals surface area contributed by atoms with Crippen LogP contribution in [0.15, 0.2) is 0 Å². The van der Waals surface area contributed by atoms with Gasteiger partial charge in [-0.3, -0.25) is 4.39 Å². The van der Waals surface area contributed by atoms with Crippen LogP contribution in [-0.2, 0) is 0 Å². The Balaban J connectivity index is 2.73. The molecule has 0 aromatic rings. The van der Waals surface area contributed by atoms with Crippen LogP contribution in [0.25, 0.3) is 0 Å². The van der Waals surface area contributed by atoms with Crippen LogP contribution in [0.4, 0.5) is 4.39 Å². The molecule has 2 heteroatoms. The Morgan fingerprint density at radius 3 is 2.25 bits per heavy atom. The smallest absolute Gasteiger partial charge is 0.0984 e. The number of alkyl halides is 1. The van der Waals surface area contributed by atoms with E-state index < -0.39 is 0 Å². The molecule has 0 unspecified atom stereocenters. The van der Waals surface area contributed by atoms with Crippen LogP contribution in [0.5, 0.6) is 0 Å². The summed E-state index contributed by atoms with van der Waals surface area (Å²) in [5, 5.41) is 0. The molecule has 12 heavy (non-hydrogen) atoms. The number of unbranched alkanes of at least 4 members (excludes halogenated alkanes) is 5. The summed E-state index contributed by atoms with van der Waals surface area (Å²) < 4.78 is 11.6. The van der Waals surface area contributed by atoms with E-state index in [1.165, 1.54) is 32.1 Å². The van der Waals surface area contributed by atoms with E-state index in [1.54, 1.807) is 11.8 Å². The molecule has 0 aromatic carbocycles. The van der Waals surface area contributed by atoms with Gasteiger partial charge in [0.15, 0.2) is 0 Å². The highest BCUT2D eigenvalue weighted by Crippen LogP contribution is 2.09. The molecular weight excluding hydrogens is 171 g/mol. The van der Waals surface area contributed by atoms with E-state index in [2.05, 4.69) is 6.92 Å². The second-order valence-electron chi connectivity index (χ2n) is 2.92. The molecule has 0 spiro atoms. The highest BCUT2D eigenvalue weighted by atomic mass is 32.2. The predicted octanol–water partition coefficient (Wildman–Crippen LogP) is 3.86. The number of hydrogen-bond donors (Lipinski definition) is 0. The van der Waals surface area contributed by atoms with Crippen LogP contribution in [-0.4, -0.2) is 18.2 Å². The summed E-state index contributed by atoms with van der Waals surface area (Å²) in [7, 11) is 0. The zero-order chi connectivity index (χ0) is 9.07. The monoisotopic (exact) mass is 191 g/mol. The Labute approximate surface area is 80.3 Å². The molecule has 0 saturated carbocycles. The van der Waals surface area contributed by atoms with Crippen LogP contribution in [0.3, 0.4) is 0 Å². The van der Waals surface area contributed by atoms with E-state index in [-0.39, 0.29) is 6.67 Å². The second kappa shape index (κ2) is 11.3. The maximum absolute atomic E-state index is 11.6. The predicted molar refractivity (Wildman–Crippen MR) is 56.4 cm³/mol. The van der Waals surface area contributed by atoms with Gasteiger partial charge in [-0.05, 0) is 12.2 Å². The molecule has 0 aliphatic carbocycles. The average Bonchev–Trinajstić information content (AvgIpc) is 2.10. The third kappa shape index (κ3) is 10.3. The summed E-state index contributed by atoms with van der Waals surface area (Å²) in [6.45, 7) is 3.62. The Morgan fingerprint density at radius 2 is 1.58 bits per heavy atom. The maximum atomic E-state index is 11.6. The summed E-state index contributed by atoms with van der Waals surface area (Å²) in [5.74, 6) is 1.81. The van der Waals surface area contributed by atoms with Crippen LogP contribution >= 0.6 is 11.8 Å². The molecular formula is C10H20FS. The molecule has 0 saturated heterocycles. The van der Waals surface area contributed by atoms with E-state index in [0.29, 0.717) is 5.75 Å². The van der Waals surface area contributed by atoms with Gasteiger partial charge in [0.2, 0.25) is 0 Å². The topological polar surface area (TPSA) is 0 Å². The Morgan fingerprint density at radius 1 is 0.917 bits per heavy atom. The molecule has 0 atom stereocenters. The van der Waals surface area contributed by atoms with E-state index in [0.717, 1.165) is 12.2 Å². The molecule has 0 aliphatic heterocycles. The molecule has 0 aromatic heterocycles. The van der Waals surface area contributed by atoms with Gasteiger partial charge in [-0.2, -0.15) is 11.8 Å². The van der Waals surface area contributed by atoms with Crippen molar-refractivity contribution in [2.75, 3.05) is 18.2 Å². The van der Waals surface area contributed by atoms with Crippen LogP contribution in [0, 0.1) is 6.92 Å². The largest absolute Gasteiger partial charge is 0.250 e. The van der Waals surface area contributed by atoms with E-state index in [1.807, 2.05) is 0 Å². The minimum atomic E-state index is -0.174. The number of thioether (sulfide) groups is 1. The van der Waals surface area contributed by atoms with Gasteiger partial charge in [0.25, 0.3) is 0 Å². The summed E-state index contributed by atoms with van der Waals surface area (Å²) in [6, 6.07) is 0. The van der Waals surface area contributed by atoms with Crippen molar-refractivity contribution in [1.29, 1.82) is 0 Å². The minimum absolute atomic E-state index is 0.174. The highest BCUT2D eigenvalue weighted by Gasteiger charge is 1.90. The fourth-order valence-corrected chi connectivity index (χ4v) is 1.79. The van der Waals surface area contributed by atoms with Gasteiger partial charge >= 0.3 is 0 Å². The standard InChI is InChI=1S/C10H20FS/c1-2-3-4-5-6-7-9-12-10-8-11/h1-10H2. The molecule has 0 amide bonds. The first-order valence-corrected chi connectivity index (χ1v) is 6.00. The quantitative estimate of drug-likeness (QED) is 0.499. The first kappa shape index (κ1) is 12.3. The first-order chi connectivity index (χ1) is 5.91. The van der Waals surface area contributed by atoms with Crippen molar-refractivity contribution < 1.29 is 4.39 Å². The van der Waals surface area contributed by atoms with Crippen molar-refractivity contribution in [3.8, 4) is 0 Å². The second-order valence-corrected chi connectivity index (χ2v) is 4.15. The van der Waals surface area contributed by atoms with Crippen LogP contribution in [0.1, 0.15) is 38.5 Å². The first-order valence-electron chi connectivity index (χ1n) is 4.84. The molecule has 1 radical (unpaired) electrons. The third-order valence-corrected chi connectivity index (χ3v) is 2.78. The fourth-order valence-electron chi connectivity index (χ4n) is 1.07. The van der Waals surface area contributed by atoms with Crippen LogP contribution < -0.4 is 0 Å². The summed E-state index contributed by atoms with van der Waals surface area (Å²) in [4.78, 5) is 0. The molecule has 0 nitrogen and oxygen atoms in total. The lowest BCUT2D eigenvalue weighted by molar-refractivity contribution is 0.532. The Kier molecular flexibility index (Phi) is 11.5. The lowest BCUT2D eigenvalue weighted by atomic mass is 10.1. The van der Waals surface area contributed by atoms with Crippen molar-refractivity contribution in [3.05, 3.63) is 6.92 Å². The Hall–Kier alpha value is 0.280. The lowest BCUT2D eigenvalue weighted by Gasteiger charge is -1.99. The van der Waals surface area contributed by atoms with Gasteiger partial charge in [-0.15, -0.1) is 0 Å². The number of rotatable bonds is 9. The van der Waals surface area contributed by atoms with Gasteiger partial charge in [-0.1, -0.05) is 39.0 Å². The summed E-state index contributed by atoms with van der Waals surface area (Å²) in [5.41, 5.74) is 0. The average molecular weight is 191 g/mol. The van der Waals surface area contributed by atoms with Gasteiger partial charge in [-0.25, -0.2) is 0 Å². The molecule has 0 rings (SSSR count). The van der Waals surface area contributed by atoms with Crippen molar-refractivity contribution in [1.82, 2.24) is 0 Å². The van der Waals surface area contributed by atoms with Crippen molar-refractivity contribution >= 4 is 11.8 Å². The molecule has 0 bridgehead atoms. The van der Waals surface area contributed by atoms with Crippen LogP contribution in [0.2, 0.25) is 0 Å². The van der Waals surface area contributed by atoms with E-state index in [9.17, 15) is 4.39 Å². The number of halogens is 1. The molecule has 73 valence electrons. The van der Waals surface area contributed by atoms with Gasteiger partial charge in [0.05, 0.1) is 6.67 Å². The molecule has 0 N–H and O–H groups in total. The summed E-state index contributed by atoms with van der Waals surface area (Å²) >= 11 is 1.73. The zero-order valence-corrected chi connectivity index (χ0v) is 8.67. The van der Waals surface area contributed by atoms with E-state index >= 15 is 0 Å². The zero-order valence-electron chi connectivity index (χ0n) is 7.86. The van der Waals surface area contributed by atoms with E-state index in [4.69, 9.17) is 0 Å².